The van der Waals surface area contributed by atoms with E-state index in [0.717, 1.165) is 17.7 Å². The van der Waals surface area contributed by atoms with Crippen LogP contribution >= 0.6 is 0 Å². The highest BCUT2D eigenvalue weighted by molar-refractivity contribution is 5.76. The maximum absolute atomic E-state index is 11.6. The molecule has 2 aromatic carbocycles. The molecule has 0 bridgehead atoms. The summed E-state index contributed by atoms with van der Waals surface area (Å²) in [6.45, 7) is 1.34. The number of nitrogens with one attached hydrogen (secondary N) is 1. The summed E-state index contributed by atoms with van der Waals surface area (Å²) in [6, 6.07) is 18.4. The number of carboxylic acid groups (broad SMARTS) is 1. The third-order valence-electron chi connectivity index (χ3n) is 4.30. The van der Waals surface area contributed by atoms with Crippen LogP contribution in [0.3, 0.4) is 0 Å². The lowest BCUT2D eigenvalue weighted by Gasteiger charge is -2.23. The van der Waals surface area contributed by atoms with Crippen molar-refractivity contribution in [1.29, 1.82) is 0 Å². The molecule has 2 aromatic rings. The van der Waals surface area contributed by atoms with Crippen LogP contribution in [0.5, 0.6) is 0 Å². The zero-order valence-corrected chi connectivity index (χ0v) is 11.9. The molecule has 0 radical (unpaired) electrons. The molecule has 3 rings (SSSR count). The first-order chi connectivity index (χ1) is 10.2. The third-order valence-corrected chi connectivity index (χ3v) is 4.30. The minimum atomic E-state index is -0.695. The zero-order chi connectivity index (χ0) is 14.7. The lowest BCUT2D eigenvalue weighted by molar-refractivity contribution is -0.147. The topological polar surface area (TPSA) is 49.3 Å². The van der Waals surface area contributed by atoms with Gasteiger partial charge in [-0.3, -0.25) is 4.79 Å². The third kappa shape index (κ3) is 2.83. The molecule has 0 spiro atoms. The van der Waals surface area contributed by atoms with E-state index in [1.54, 1.807) is 0 Å². The molecule has 21 heavy (non-hydrogen) atoms. The number of hydrogen-bond donors (Lipinski definition) is 2. The van der Waals surface area contributed by atoms with Gasteiger partial charge in [0.1, 0.15) is 0 Å². The van der Waals surface area contributed by atoms with E-state index < -0.39 is 11.4 Å². The predicted molar refractivity (Wildman–Crippen MR) is 83.1 cm³/mol. The second-order valence-corrected chi connectivity index (χ2v) is 5.75. The summed E-state index contributed by atoms with van der Waals surface area (Å²) in [4.78, 5) is 11.6. The Hall–Kier alpha value is -2.13. The van der Waals surface area contributed by atoms with Crippen molar-refractivity contribution < 1.29 is 9.90 Å². The number of rotatable bonds is 4. The van der Waals surface area contributed by atoms with Crippen molar-refractivity contribution in [3.05, 3.63) is 60.2 Å². The number of carboxylic acids is 1. The minimum absolute atomic E-state index is 0.558. The molecule has 0 aromatic heterocycles. The van der Waals surface area contributed by atoms with Crippen LogP contribution in [0.15, 0.2) is 54.6 Å². The highest BCUT2D eigenvalue weighted by Gasteiger charge is 2.41. The standard InChI is InChI=1S/C18H19NO2/c20-17(21)18(10-11-19-13-18)12-14-6-8-16(9-7-14)15-4-2-1-3-5-15/h1-9,19H,10-13H2,(H,20,21). The van der Waals surface area contributed by atoms with E-state index in [1.807, 2.05) is 30.3 Å². The van der Waals surface area contributed by atoms with Crippen molar-refractivity contribution >= 4 is 5.97 Å². The second kappa shape index (κ2) is 5.70. The second-order valence-electron chi connectivity index (χ2n) is 5.75. The summed E-state index contributed by atoms with van der Waals surface area (Å²) in [5.41, 5.74) is 2.78. The summed E-state index contributed by atoms with van der Waals surface area (Å²) in [6.07, 6.45) is 1.28. The van der Waals surface area contributed by atoms with Gasteiger partial charge in [0.05, 0.1) is 5.41 Å². The van der Waals surface area contributed by atoms with Crippen LogP contribution in [0, 0.1) is 5.41 Å². The quantitative estimate of drug-likeness (QED) is 0.906. The fourth-order valence-electron chi connectivity index (χ4n) is 2.99. The fourth-order valence-corrected chi connectivity index (χ4v) is 2.99. The molecule has 1 saturated heterocycles. The smallest absolute Gasteiger partial charge is 0.311 e. The highest BCUT2D eigenvalue weighted by Crippen LogP contribution is 2.31. The lowest BCUT2D eigenvalue weighted by Crippen LogP contribution is -2.35. The molecule has 2 N–H and O–H groups in total. The van der Waals surface area contributed by atoms with Crippen molar-refractivity contribution in [3.8, 4) is 11.1 Å². The molecule has 1 fully saturated rings. The predicted octanol–water partition coefficient (Wildman–Crippen LogP) is 2.96. The Morgan fingerprint density at radius 3 is 2.29 bits per heavy atom. The Balaban J connectivity index is 1.80. The van der Waals surface area contributed by atoms with E-state index in [4.69, 9.17) is 0 Å². The molecule has 108 valence electrons. The van der Waals surface area contributed by atoms with E-state index in [-0.39, 0.29) is 0 Å². The van der Waals surface area contributed by atoms with Crippen molar-refractivity contribution in [2.45, 2.75) is 12.8 Å². The van der Waals surface area contributed by atoms with E-state index >= 15 is 0 Å². The lowest BCUT2D eigenvalue weighted by atomic mass is 9.80. The maximum atomic E-state index is 11.6. The van der Waals surface area contributed by atoms with Crippen molar-refractivity contribution in [2.75, 3.05) is 13.1 Å². The highest BCUT2D eigenvalue weighted by atomic mass is 16.4. The van der Waals surface area contributed by atoms with Crippen molar-refractivity contribution in [1.82, 2.24) is 5.32 Å². The average Bonchev–Trinajstić information content (AvgIpc) is 2.99. The molecule has 0 aliphatic carbocycles. The Labute approximate surface area is 124 Å². The SMILES string of the molecule is O=C(O)C1(Cc2ccc(-c3ccccc3)cc2)CCNC1. The molecule has 3 nitrogen and oxygen atoms in total. The van der Waals surface area contributed by atoms with Gasteiger partial charge in [0, 0.05) is 6.54 Å². The van der Waals surface area contributed by atoms with E-state index in [9.17, 15) is 9.90 Å². The first-order valence-electron chi connectivity index (χ1n) is 7.28. The first-order valence-corrected chi connectivity index (χ1v) is 7.28. The molecule has 1 atom stereocenters. The van der Waals surface area contributed by atoms with Gasteiger partial charge in [0.25, 0.3) is 0 Å². The van der Waals surface area contributed by atoms with E-state index in [2.05, 4.69) is 29.6 Å². The van der Waals surface area contributed by atoms with Gasteiger partial charge in [-0.1, -0.05) is 54.6 Å². The molecule has 1 heterocycles. The van der Waals surface area contributed by atoms with Crippen LogP contribution in [0.2, 0.25) is 0 Å². The summed E-state index contributed by atoms with van der Waals surface area (Å²) >= 11 is 0. The number of aliphatic carboxylic acids is 1. The largest absolute Gasteiger partial charge is 0.481 e. The van der Waals surface area contributed by atoms with Gasteiger partial charge < -0.3 is 10.4 Å². The number of hydrogen-bond acceptors (Lipinski definition) is 2. The maximum Gasteiger partial charge on any atom is 0.311 e. The minimum Gasteiger partial charge on any atom is -0.481 e. The molecule has 0 amide bonds. The van der Waals surface area contributed by atoms with Crippen LogP contribution in [0.1, 0.15) is 12.0 Å². The van der Waals surface area contributed by atoms with Crippen LogP contribution in [-0.4, -0.2) is 24.2 Å². The van der Waals surface area contributed by atoms with E-state index in [1.165, 1.54) is 5.56 Å². The Bertz CT molecular complexity index is 613. The molecular formula is C18H19NO2. The van der Waals surface area contributed by atoms with Gasteiger partial charge in [0.15, 0.2) is 0 Å². The summed E-state index contributed by atoms with van der Waals surface area (Å²) in [5.74, 6) is -0.695. The molecular weight excluding hydrogens is 262 g/mol. The molecule has 1 unspecified atom stereocenters. The van der Waals surface area contributed by atoms with Gasteiger partial charge in [-0.05, 0) is 36.1 Å². The number of benzene rings is 2. The molecule has 3 heteroatoms. The van der Waals surface area contributed by atoms with Crippen LogP contribution in [0.25, 0.3) is 11.1 Å². The zero-order valence-electron chi connectivity index (χ0n) is 11.9. The van der Waals surface area contributed by atoms with Crippen LogP contribution in [-0.2, 0) is 11.2 Å². The van der Waals surface area contributed by atoms with Gasteiger partial charge in [0.2, 0.25) is 0 Å². The van der Waals surface area contributed by atoms with Gasteiger partial charge >= 0.3 is 5.97 Å². The molecule has 1 aliphatic heterocycles. The Morgan fingerprint density at radius 2 is 1.71 bits per heavy atom. The summed E-state index contributed by atoms with van der Waals surface area (Å²) in [7, 11) is 0. The molecule has 1 aliphatic rings. The Kier molecular flexibility index (Phi) is 3.76. The van der Waals surface area contributed by atoms with Crippen molar-refractivity contribution in [3.63, 3.8) is 0 Å². The first kappa shape index (κ1) is 13.8. The average molecular weight is 281 g/mol. The Morgan fingerprint density at radius 1 is 1.05 bits per heavy atom. The normalized spacial score (nSPS) is 21.3. The van der Waals surface area contributed by atoms with Crippen LogP contribution < -0.4 is 5.32 Å². The molecule has 0 saturated carbocycles. The van der Waals surface area contributed by atoms with Crippen LogP contribution in [0.4, 0.5) is 0 Å². The number of carbonyl (C=O) groups is 1. The monoisotopic (exact) mass is 281 g/mol. The van der Waals surface area contributed by atoms with E-state index in [0.29, 0.717) is 19.4 Å². The van der Waals surface area contributed by atoms with Gasteiger partial charge in [-0.15, -0.1) is 0 Å². The summed E-state index contributed by atoms with van der Waals surface area (Å²) < 4.78 is 0. The van der Waals surface area contributed by atoms with Crippen molar-refractivity contribution in [2.24, 2.45) is 5.41 Å². The fraction of sp³-hybridized carbons (Fsp3) is 0.278. The summed E-state index contributed by atoms with van der Waals surface area (Å²) in [5, 5.41) is 12.7. The van der Waals surface area contributed by atoms with Gasteiger partial charge in [-0.2, -0.15) is 0 Å². The van der Waals surface area contributed by atoms with Gasteiger partial charge in [-0.25, -0.2) is 0 Å².